The van der Waals surface area contributed by atoms with Crippen LogP contribution in [-0.2, 0) is 4.74 Å². The fourth-order valence-electron chi connectivity index (χ4n) is 2.96. The first-order valence-electron chi connectivity index (χ1n) is 7.86. The number of rotatable bonds is 3. The van der Waals surface area contributed by atoms with E-state index in [0.717, 1.165) is 15.1 Å². The van der Waals surface area contributed by atoms with Crippen LogP contribution in [0.15, 0.2) is 36.4 Å². The molecule has 1 fully saturated rings. The molecule has 0 bridgehead atoms. The first-order valence-corrected chi connectivity index (χ1v) is 9.50. The smallest absolute Gasteiger partial charge is 0.352 e. The molecule has 1 saturated heterocycles. The third-order valence-electron chi connectivity index (χ3n) is 4.18. The second-order valence-electron chi connectivity index (χ2n) is 6.21. The van der Waals surface area contributed by atoms with E-state index in [1.807, 2.05) is 49.2 Å². The molecule has 1 aliphatic rings. The van der Waals surface area contributed by atoms with Gasteiger partial charge in [-0.15, -0.1) is 11.3 Å². The summed E-state index contributed by atoms with van der Waals surface area (Å²) >= 11 is 2.73. The first-order chi connectivity index (χ1) is 12.0. The van der Waals surface area contributed by atoms with E-state index < -0.39 is 16.8 Å². The highest BCUT2D eigenvalue weighted by atomic mass is 32.1. The molecule has 2 aromatic heterocycles. The van der Waals surface area contributed by atoms with Crippen LogP contribution in [0.4, 0.5) is 5.13 Å². The highest BCUT2D eigenvalue weighted by Gasteiger charge is 2.45. The lowest BCUT2D eigenvalue weighted by Gasteiger charge is -2.38. The largest absolute Gasteiger partial charge is 0.622 e. The van der Waals surface area contributed by atoms with Gasteiger partial charge in [-0.25, -0.2) is 9.69 Å². The van der Waals surface area contributed by atoms with Gasteiger partial charge in [0, 0.05) is 4.88 Å². The molecular weight excluding hydrogens is 358 g/mol. The van der Waals surface area contributed by atoms with E-state index in [2.05, 4.69) is 4.98 Å². The van der Waals surface area contributed by atoms with Crippen molar-refractivity contribution in [3.05, 3.63) is 51.4 Å². The van der Waals surface area contributed by atoms with E-state index >= 15 is 0 Å². The summed E-state index contributed by atoms with van der Waals surface area (Å²) in [5, 5.41) is 14.0. The highest BCUT2D eigenvalue weighted by Crippen LogP contribution is 2.37. The van der Waals surface area contributed by atoms with Gasteiger partial charge >= 0.3 is 5.97 Å². The Morgan fingerprint density at radius 1 is 1.32 bits per heavy atom. The number of nitrogens with zero attached hydrogens (tertiary/aromatic N) is 3. The summed E-state index contributed by atoms with van der Waals surface area (Å²) in [5.41, 5.74) is 0.796. The summed E-state index contributed by atoms with van der Waals surface area (Å²) in [6.45, 7) is 2.52. The van der Waals surface area contributed by atoms with Gasteiger partial charge in [0.2, 0.25) is 0 Å². The van der Waals surface area contributed by atoms with Crippen molar-refractivity contribution in [3.8, 4) is 0 Å². The molecular formula is C17H17N3O3S2. The fourth-order valence-corrected chi connectivity index (χ4v) is 4.75. The molecule has 0 saturated carbocycles. The molecule has 3 heterocycles. The maximum absolute atomic E-state index is 13.6. The normalized spacial score (nSPS) is 24.0. The predicted molar refractivity (Wildman–Crippen MR) is 101 cm³/mol. The number of thiophene rings is 1. The maximum atomic E-state index is 13.6. The number of hydrogen-bond donors (Lipinski definition) is 0. The molecule has 0 aliphatic carbocycles. The quantitative estimate of drug-likeness (QED) is 0.398. The van der Waals surface area contributed by atoms with E-state index in [1.165, 1.54) is 22.7 Å². The predicted octanol–water partition coefficient (Wildman–Crippen LogP) is 3.56. The first kappa shape index (κ1) is 16.6. The van der Waals surface area contributed by atoms with Crippen LogP contribution in [0.2, 0.25) is 0 Å². The zero-order chi connectivity index (χ0) is 17.6. The number of aromatic nitrogens is 1. The van der Waals surface area contributed by atoms with Gasteiger partial charge in [-0.3, -0.25) is 4.65 Å². The third-order valence-corrected chi connectivity index (χ3v) is 6.30. The molecule has 1 aliphatic heterocycles. The van der Waals surface area contributed by atoms with Crippen molar-refractivity contribution < 1.29 is 9.53 Å². The fraction of sp³-hybridized carbons (Fsp3) is 0.294. The Labute approximate surface area is 153 Å². The number of thiazole rings is 1. The van der Waals surface area contributed by atoms with Crippen molar-refractivity contribution in [1.29, 1.82) is 0 Å². The molecule has 3 aromatic rings. The van der Waals surface area contributed by atoms with E-state index in [1.54, 1.807) is 6.07 Å². The SMILES string of the molecule is Cc1ccc(C(=O)OC2CN(C)C[N+]2([O-])c2nc3ccccc3s2)s1. The Balaban J connectivity index is 1.65. The van der Waals surface area contributed by atoms with Gasteiger partial charge in [-0.05, 0) is 38.2 Å². The Bertz CT molecular complexity index is 905. The van der Waals surface area contributed by atoms with Crippen molar-refractivity contribution in [3.63, 3.8) is 0 Å². The number of carbonyl (C=O) groups excluding carboxylic acids is 1. The van der Waals surface area contributed by atoms with Crippen molar-refractivity contribution in [2.45, 2.75) is 13.2 Å². The minimum Gasteiger partial charge on any atom is -0.622 e. The summed E-state index contributed by atoms with van der Waals surface area (Å²) < 4.78 is 5.80. The highest BCUT2D eigenvalue weighted by molar-refractivity contribution is 7.22. The number of ether oxygens (including phenoxy) is 1. The molecule has 6 nitrogen and oxygen atoms in total. The lowest BCUT2D eigenvalue weighted by molar-refractivity contribution is 0.00627. The van der Waals surface area contributed by atoms with Gasteiger partial charge in [-0.1, -0.05) is 23.5 Å². The third kappa shape index (κ3) is 2.96. The molecule has 4 rings (SSSR count). The van der Waals surface area contributed by atoms with Crippen molar-refractivity contribution in [2.75, 3.05) is 20.3 Å². The van der Waals surface area contributed by atoms with Crippen LogP contribution in [0.1, 0.15) is 14.5 Å². The molecule has 0 amide bonds. The zero-order valence-electron chi connectivity index (χ0n) is 13.8. The Hall–Kier alpha value is -1.84. The number of likely N-dealkylation sites (N-methyl/N-ethyl adjacent to an activating group) is 1. The summed E-state index contributed by atoms with van der Waals surface area (Å²) in [7, 11) is 1.85. The van der Waals surface area contributed by atoms with Crippen LogP contribution >= 0.6 is 22.7 Å². The van der Waals surface area contributed by atoms with Crippen molar-refractivity contribution in [2.24, 2.45) is 0 Å². The summed E-state index contributed by atoms with van der Waals surface area (Å²) in [5.74, 6) is -0.446. The summed E-state index contributed by atoms with van der Waals surface area (Å²) in [6, 6.07) is 11.3. The van der Waals surface area contributed by atoms with Crippen molar-refractivity contribution in [1.82, 2.24) is 14.5 Å². The summed E-state index contributed by atoms with van der Waals surface area (Å²) in [6.07, 6.45) is -0.819. The molecule has 0 radical (unpaired) electrons. The van der Waals surface area contributed by atoms with Crippen molar-refractivity contribution >= 4 is 44.0 Å². The number of hydroxylamine groups is 2. The van der Waals surface area contributed by atoms with Crippen LogP contribution < -0.4 is 4.65 Å². The van der Waals surface area contributed by atoms with Crippen LogP contribution in [-0.4, -0.2) is 42.3 Å². The lowest BCUT2D eigenvalue weighted by atomic mass is 10.3. The summed E-state index contributed by atoms with van der Waals surface area (Å²) in [4.78, 5) is 20.3. The van der Waals surface area contributed by atoms with Crippen LogP contribution in [0.25, 0.3) is 10.2 Å². The average molecular weight is 375 g/mol. The van der Waals surface area contributed by atoms with E-state index in [-0.39, 0.29) is 6.67 Å². The van der Waals surface area contributed by atoms with E-state index in [9.17, 15) is 10.0 Å². The van der Waals surface area contributed by atoms with Gasteiger partial charge in [0.1, 0.15) is 11.5 Å². The molecule has 0 spiro atoms. The molecule has 130 valence electrons. The van der Waals surface area contributed by atoms with E-state index in [0.29, 0.717) is 16.6 Å². The average Bonchev–Trinajstić information content (AvgIpc) is 3.25. The van der Waals surface area contributed by atoms with Crippen LogP contribution in [0.3, 0.4) is 0 Å². The number of quaternary nitrogens is 1. The molecule has 25 heavy (non-hydrogen) atoms. The molecule has 2 atom stereocenters. The zero-order valence-corrected chi connectivity index (χ0v) is 15.5. The maximum Gasteiger partial charge on any atom is 0.352 e. The monoisotopic (exact) mass is 375 g/mol. The molecule has 8 heteroatoms. The Morgan fingerprint density at radius 2 is 2.12 bits per heavy atom. The molecule has 0 N–H and O–H groups in total. The second-order valence-corrected chi connectivity index (χ2v) is 8.51. The number of benzene rings is 1. The van der Waals surface area contributed by atoms with Crippen LogP contribution in [0, 0.1) is 12.1 Å². The second kappa shape index (κ2) is 6.15. The molecule has 1 aromatic carbocycles. The minimum absolute atomic E-state index is 0.210. The Morgan fingerprint density at radius 3 is 2.84 bits per heavy atom. The van der Waals surface area contributed by atoms with Gasteiger partial charge in [0.15, 0.2) is 0 Å². The lowest BCUT2D eigenvalue weighted by Crippen LogP contribution is -2.50. The number of para-hydroxylation sites is 1. The van der Waals surface area contributed by atoms with Gasteiger partial charge in [0.05, 0.1) is 16.8 Å². The standard InChI is InChI=1S/C17H17N3O3S2/c1-11-7-8-14(24-11)16(21)23-15-9-19(2)10-20(15,22)17-18-12-5-3-4-6-13(12)25-17/h3-8,15H,9-10H2,1-2H3. The topological polar surface area (TPSA) is 65.5 Å². The number of esters is 1. The number of hydrogen-bond acceptors (Lipinski definition) is 7. The minimum atomic E-state index is -0.819. The Kier molecular flexibility index (Phi) is 4.09. The number of carbonyl (C=O) groups is 1. The molecule has 2 unspecified atom stereocenters. The number of fused-ring (bicyclic) bond motifs is 1. The number of aryl methyl sites for hydroxylation is 1. The van der Waals surface area contributed by atoms with Crippen LogP contribution in [0.5, 0.6) is 0 Å². The van der Waals surface area contributed by atoms with Gasteiger partial charge < -0.3 is 9.94 Å². The van der Waals surface area contributed by atoms with Gasteiger partial charge in [-0.2, -0.15) is 4.98 Å². The van der Waals surface area contributed by atoms with E-state index in [4.69, 9.17) is 4.74 Å². The van der Waals surface area contributed by atoms with Gasteiger partial charge in [0.25, 0.3) is 11.4 Å².